The van der Waals surface area contributed by atoms with Crippen molar-refractivity contribution in [2.75, 3.05) is 7.11 Å². The van der Waals surface area contributed by atoms with E-state index >= 15 is 0 Å². The summed E-state index contributed by atoms with van der Waals surface area (Å²) in [4.78, 5) is 4.52. The number of fused-ring (bicyclic) bond motifs is 1. The van der Waals surface area contributed by atoms with E-state index in [1.165, 1.54) is 0 Å². The number of benzene rings is 1. The zero-order valence-corrected chi connectivity index (χ0v) is 9.51. The number of halogens is 1. The highest BCUT2D eigenvalue weighted by molar-refractivity contribution is 6.35. The molecule has 1 aromatic heterocycles. The maximum Gasteiger partial charge on any atom is 0.145 e. The molecule has 2 nitrogen and oxygen atoms in total. The summed E-state index contributed by atoms with van der Waals surface area (Å²) in [5.41, 5.74) is 1.82. The van der Waals surface area contributed by atoms with E-state index in [1.807, 2.05) is 24.3 Å². The minimum Gasteiger partial charge on any atom is -0.494 e. The molecule has 0 saturated carbocycles. The third-order valence-electron chi connectivity index (χ3n) is 2.39. The Bertz CT molecular complexity index is 496. The average Bonchev–Trinajstić information content (AvgIpc) is 2.28. The van der Waals surface area contributed by atoms with Crippen molar-refractivity contribution in [3.8, 4) is 5.75 Å². The molecule has 0 unspecified atom stereocenters. The number of rotatable bonds is 2. The highest BCUT2D eigenvalue weighted by Gasteiger charge is 2.07. The first-order chi connectivity index (χ1) is 7.26. The minimum atomic E-state index is 0.732. The van der Waals surface area contributed by atoms with Crippen LogP contribution in [0.3, 0.4) is 0 Å². The average molecular weight is 222 g/mol. The van der Waals surface area contributed by atoms with Crippen molar-refractivity contribution in [3.63, 3.8) is 0 Å². The van der Waals surface area contributed by atoms with Crippen molar-refractivity contribution in [1.82, 2.24) is 4.98 Å². The molecule has 2 aromatic rings. The summed E-state index contributed by atoms with van der Waals surface area (Å²) >= 11 is 6.17. The third-order valence-corrected chi connectivity index (χ3v) is 2.70. The SMILES string of the molecule is CCc1cc(Cl)c2cccc(OC)c2n1. The second-order valence-electron chi connectivity index (χ2n) is 3.31. The number of pyridine rings is 1. The minimum absolute atomic E-state index is 0.732. The smallest absolute Gasteiger partial charge is 0.145 e. The lowest BCUT2D eigenvalue weighted by molar-refractivity contribution is 0.419. The monoisotopic (exact) mass is 221 g/mol. The van der Waals surface area contributed by atoms with Crippen LogP contribution >= 0.6 is 11.6 Å². The molecule has 15 heavy (non-hydrogen) atoms. The van der Waals surface area contributed by atoms with E-state index in [-0.39, 0.29) is 0 Å². The van der Waals surface area contributed by atoms with Crippen LogP contribution < -0.4 is 4.74 Å². The number of nitrogens with zero attached hydrogens (tertiary/aromatic N) is 1. The predicted molar refractivity (Wildman–Crippen MR) is 62.7 cm³/mol. The highest BCUT2D eigenvalue weighted by Crippen LogP contribution is 2.29. The second-order valence-corrected chi connectivity index (χ2v) is 3.71. The number of aryl methyl sites for hydroxylation is 1. The third kappa shape index (κ3) is 1.77. The molecule has 0 N–H and O–H groups in total. The fourth-order valence-corrected chi connectivity index (χ4v) is 1.85. The molecule has 0 amide bonds. The molecule has 0 saturated heterocycles. The first-order valence-corrected chi connectivity index (χ1v) is 5.26. The lowest BCUT2D eigenvalue weighted by Gasteiger charge is -2.07. The van der Waals surface area contributed by atoms with E-state index in [4.69, 9.17) is 16.3 Å². The van der Waals surface area contributed by atoms with E-state index in [0.717, 1.165) is 33.8 Å². The van der Waals surface area contributed by atoms with Gasteiger partial charge in [-0.2, -0.15) is 0 Å². The molecule has 0 aliphatic rings. The van der Waals surface area contributed by atoms with Gasteiger partial charge in [-0.3, -0.25) is 0 Å². The van der Waals surface area contributed by atoms with Crippen LogP contribution in [0, 0.1) is 0 Å². The van der Waals surface area contributed by atoms with Crippen LogP contribution in [-0.2, 0) is 6.42 Å². The zero-order chi connectivity index (χ0) is 10.8. The molecule has 0 spiro atoms. The molecule has 1 aromatic carbocycles. The van der Waals surface area contributed by atoms with Gasteiger partial charge in [-0.25, -0.2) is 4.98 Å². The lowest BCUT2D eigenvalue weighted by atomic mass is 10.1. The second kappa shape index (κ2) is 4.07. The van der Waals surface area contributed by atoms with Gasteiger partial charge in [-0.1, -0.05) is 30.7 Å². The Hall–Kier alpha value is -1.28. The van der Waals surface area contributed by atoms with Crippen LogP contribution in [0.5, 0.6) is 5.75 Å². The van der Waals surface area contributed by atoms with Gasteiger partial charge in [0.2, 0.25) is 0 Å². The summed E-state index contributed by atoms with van der Waals surface area (Å²) in [5, 5.41) is 1.67. The Kier molecular flexibility index (Phi) is 2.78. The fourth-order valence-electron chi connectivity index (χ4n) is 1.58. The molecule has 3 heteroatoms. The number of ether oxygens (including phenoxy) is 1. The van der Waals surface area contributed by atoms with Crippen molar-refractivity contribution >= 4 is 22.5 Å². The van der Waals surface area contributed by atoms with Crippen LogP contribution in [0.1, 0.15) is 12.6 Å². The first kappa shape index (κ1) is 10.2. The molecular formula is C12H12ClNO. The summed E-state index contributed by atoms with van der Waals surface area (Å²) in [5.74, 6) is 0.768. The van der Waals surface area contributed by atoms with Crippen LogP contribution in [0.15, 0.2) is 24.3 Å². The Morgan fingerprint density at radius 2 is 2.20 bits per heavy atom. The molecule has 78 valence electrons. The van der Waals surface area contributed by atoms with Crippen molar-refractivity contribution in [1.29, 1.82) is 0 Å². The van der Waals surface area contributed by atoms with Crippen molar-refractivity contribution in [3.05, 3.63) is 35.0 Å². The van der Waals surface area contributed by atoms with Gasteiger partial charge in [0.25, 0.3) is 0 Å². The molecule has 0 aliphatic heterocycles. The number of para-hydroxylation sites is 1. The molecule has 0 bridgehead atoms. The van der Waals surface area contributed by atoms with Crippen LogP contribution in [0.4, 0.5) is 0 Å². The van der Waals surface area contributed by atoms with Gasteiger partial charge < -0.3 is 4.74 Å². The Morgan fingerprint density at radius 3 is 2.87 bits per heavy atom. The van der Waals surface area contributed by atoms with E-state index in [9.17, 15) is 0 Å². The number of methoxy groups -OCH3 is 1. The van der Waals surface area contributed by atoms with E-state index in [2.05, 4.69) is 11.9 Å². The quantitative estimate of drug-likeness (QED) is 0.775. The maximum atomic E-state index is 6.17. The molecule has 2 rings (SSSR count). The van der Waals surface area contributed by atoms with E-state index < -0.39 is 0 Å². The molecule has 0 fully saturated rings. The van der Waals surface area contributed by atoms with Crippen LogP contribution in [0.2, 0.25) is 5.02 Å². The van der Waals surface area contributed by atoms with E-state index in [0.29, 0.717) is 0 Å². The Balaban J connectivity index is 2.79. The van der Waals surface area contributed by atoms with Crippen molar-refractivity contribution in [2.45, 2.75) is 13.3 Å². The lowest BCUT2D eigenvalue weighted by Crippen LogP contribution is -1.92. The van der Waals surface area contributed by atoms with Gasteiger partial charge in [0.1, 0.15) is 11.3 Å². The fraction of sp³-hybridized carbons (Fsp3) is 0.250. The van der Waals surface area contributed by atoms with Crippen LogP contribution in [0.25, 0.3) is 10.9 Å². The molecule has 0 aliphatic carbocycles. The molecule has 0 atom stereocenters. The zero-order valence-electron chi connectivity index (χ0n) is 8.75. The van der Waals surface area contributed by atoms with E-state index in [1.54, 1.807) is 7.11 Å². The molecular weight excluding hydrogens is 210 g/mol. The number of hydrogen-bond acceptors (Lipinski definition) is 2. The summed E-state index contributed by atoms with van der Waals surface area (Å²) in [7, 11) is 1.64. The normalized spacial score (nSPS) is 10.6. The first-order valence-electron chi connectivity index (χ1n) is 4.88. The largest absolute Gasteiger partial charge is 0.494 e. The number of hydrogen-bond donors (Lipinski definition) is 0. The molecule has 0 radical (unpaired) electrons. The molecule has 1 heterocycles. The van der Waals surface area contributed by atoms with Gasteiger partial charge in [0.05, 0.1) is 12.1 Å². The Labute approximate surface area is 93.8 Å². The summed E-state index contributed by atoms with van der Waals surface area (Å²) in [6.07, 6.45) is 0.869. The van der Waals surface area contributed by atoms with Gasteiger partial charge in [0, 0.05) is 11.1 Å². The van der Waals surface area contributed by atoms with Crippen LogP contribution in [-0.4, -0.2) is 12.1 Å². The highest BCUT2D eigenvalue weighted by atomic mass is 35.5. The van der Waals surface area contributed by atoms with Gasteiger partial charge in [-0.15, -0.1) is 0 Å². The van der Waals surface area contributed by atoms with Gasteiger partial charge in [-0.05, 0) is 18.6 Å². The maximum absolute atomic E-state index is 6.17. The Morgan fingerprint density at radius 1 is 1.40 bits per heavy atom. The standard InChI is InChI=1S/C12H12ClNO/c1-3-8-7-10(13)9-5-4-6-11(15-2)12(9)14-8/h4-7H,3H2,1-2H3. The summed E-state index contributed by atoms with van der Waals surface area (Å²) in [6.45, 7) is 2.06. The van der Waals surface area contributed by atoms with Gasteiger partial charge >= 0.3 is 0 Å². The van der Waals surface area contributed by atoms with Crippen molar-refractivity contribution in [2.24, 2.45) is 0 Å². The predicted octanol–water partition coefficient (Wildman–Crippen LogP) is 3.46. The number of aromatic nitrogens is 1. The summed E-state index contributed by atoms with van der Waals surface area (Å²) in [6, 6.07) is 7.67. The van der Waals surface area contributed by atoms with Gasteiger partial charge in [0.15, 0.2) is 0 Å². The summed E-state index contributed by atoms with van der Waals surface area (Å²) < 4.78 is 5.26. The van der Waals surface area contributed by atoms with Crippen molar-refractivity contribution < 1.29 is 4.74 Å². The topological polar surface area (TPSA) is 22.1 Å².